The van der Waals surface area contributed by atoms with Crippen molar-refractivity contribution in [1.82, 2.24) is 30.3 Å². The number of benzene rings is 1. The summed E-state index contributed by atoms with van der Waals surface area (Å²) in [5.74, 6) is 2.37. The number of rotatable bonds is 3. The number of aromatic nitrogens is 6. The van der Waals surface area contributed by atoms with Crippen LogP contribution in [0.4, 0.5) is 0 Å². The lowest BCUT2D eigenvalue weighted by Gasteiger charge is -2.24. The molecule has 1 atom stereocenters. The van der Waals surface area contributed by atoms with Crippen LogP contribution in [0.3, 0.4) is 0 Å². The Morgan fingerprint density at radius 1 is 1.17 bits per heavy atom. The third-order valence-corrected chi connectivity index (χ3v) is 4.15. The van der Waals surface area contributed by atoms with E-state index in [9.17, 15) is 0 Å². The molecule has 3 heterocycles. The Morgan fingerprint density at radius 2 is 2.04 bits per heavy atom. The summed E-state index contributed by atoms with van der Waals surface area (Å²) in [6.45, 7) is 0.341. The fourth-order valence-electron chi connectivity index (χ4n) is 2.72. The van der Waals surface area contributed by atoms with Crippen molar-refractivity contribution < 1.29 is 14.0 Å². The van der Waals surface area contributed by atoms with Gasteiger partial charge in [-0.1, -0.05) is 17.3 Å². The van der Waals surface area contributed by atoms with Gasteiger partial charge >= 0.3 is 0 Å². The minimum absolute atomic E-state index is 0.341. The highest BCUT2D eigenvalue weighted by atomic mass is 16.6. The molecule has 1 fully saturated rings. The Morgan fingerprint density at radius 3 is 2.83 bits per heavy atom. The minimum atomic E-state index is -0.415. The van der Waals surface area contributed by atoms with Crippen LogP contribution in [-0.2, 0) is 5.54 Å². The van der Waals surface area contributed by atoms with Crippen LogP contribution in [0.5, 0.6) is 11.5 Å². The van der Waals surface area contributed by atoms with Crippen LogP contribution in [0.25, 0.3) is 0 Å². The zero-order valence-electron chi connectivity index (χ0n) is 12.0. The molecule has 23 heavy (non-hydrogen) atoms. The number of hydrogen-bond acceptors (Lipinski definition) is 8. The highest BCUT2D eigenvalue weighted by Crippen LogP contribution is 2.48. The van der Waals surface area contributed by atoms with Gasteiger partial charge in [0.2, 0.25) is 5.82 Å². The first kappa shape index (κ1) is 12.6. The van der Waals surface area contributed by atoms with Crippen molar-refractivity contribution in [2.24, 2.45) is 0 Å². The molecule has 116 valence electrons. The van der Waals surface area contributed by atoms with E-state index in [0.717, 1.165) is 18.6 Å². The smallest absolute Gasteiger partial charge is 0.254 e. The zero-order valence-corrected chi connectivity index (χ0v) is 12.0. The third-order valence-electron chi connectivity index (χ3n) is 4.15. The van der Waals surface area contributed by atoms with E-state index in [4.69, 9.17) is 14.0 Å². The molecule has 2 aliphatic rings. The number of ether oxygens (including phenoxy) is 2. The molecular weight excluding hydrogens is 300 g/mol. The molecule has 0 bridgehead atoms. The van der Waals surface area contributed by atoms with Crippen molar-refractivity contribution >= 4 is 0 Å². The van der Waals surface area contributed by atoms with Gasteiger partial charge < -0.3 is 14.0 Å². The number of nitrogens with zero attached hydrogens (tertiary/aromatic N) is 6. The number of para-hydroxylation sites is 2. The summed E-state index contributed by atoms with van der Waals surface area (Å²) in [5, 5.41) is 15.4. The molecule has 0 radical (unpaired) electrons. The Kier molecular flexibility index (Phi) is 2.46. The van der Waals surface area contributed by atoms with Crippen molar-refractivity contribution in [3.8, 4) is 11.5 Å². The molecule has 1 aromatic carbocycles. The predicted molar refractivity (Wildman–Crippen MR) is 73.7 cm³/mol. The van der Waals surface area contributed by atoms with Crippen LogP contribution in [-0.4, -0.2) is 37.0 Å². The predicted octanol–water partition coefficient (Wildman–Crippen LogP) is 1.11. The first-order chi connectivity index (χ1) is 11.4. The zero-order chi connectivity index (χ0) is 15.3. The van der Waals surface area contributed by atoms with Gasteiger partial charge in [0, 0.05) is 0 Å². The molecular formula is C14H12N6O3. The molecule has 0 spiro atoms. The van der Waals surface area contributed by atoms with Crippen LogP contribution in [0.2, 0.25) is 0 Å². The van der Waals surface area contributed by atoms with E-state index in [1.165, 1.54) is 0 Å². The quantitative estimate of drug-likeness (QED) is 0.708. The lowest BCUT2D eigenvalue weighted by molar-refractivity contribution is 0.0832. The molecule has 1 saturated carbocycles. The summed E-state index contributed by atoms with van der Waals surface area (Å²) in [6.07, 6.45) is 2.90. The number of tetrazole rings is 1. The molecule has 1 aliphatic carbocycles. The number of hydrogen-bond donors (Lipinski definition) is 0. The Bertz CT molecular complexity index is 842. The van der Waals surface area contributed by atoms with Gasteiger partial charge in [-0.05, 0) is 35.4 Å². The largest absolute Gasteiger partial charge is 0.485 e. The second-order valence-electron chi connectivity index (χ2n) is 5.61. The van der Waals surface area contributed by atoms with Crippen molar-refractivity contribution in [3.63, 3.8) is 0 Å². The van der Waals surface area contributed by atoms with Gasteiger partial charge in [0.05, 0.1) is 0 Å². The Hall–Kier alpha value is -2.97. The molecule has 3 aromatic rings. The summed E-state index contributed by atoms with van der Waals surface area (Å²) in [7, 11) is 0. The molecule has 0 saturated heterocycles. The van der Waals surface area contributed by atoms with Gasteiger partial charge in [-0.3, -0.25) is 0 Å². The summed E-state index contributed by atoms with van der Waals surface area (Å²) in [4.78, 5) is 4.50. The highest BCUT2D eigenvalue weighted by molar-refractivity contribution is 5.41. The third kappa shape index (κ3) is 1.89. The van der Waals surface area contributed by atoms with Gasteiger partial charge in [0.25, 0.3) is 5.89 Å². The molecule has 1 unspecified atom stereocenters. The normalized spacial score (nSPS) is 21.1. The number of fused-ring (bicyclic) bond motifs is 1. The average Bonchev–Trinajstić information content (AvgIpc) is 3.05. The Balaban J connectivity index is 1.43. The SMILES string of the molecule is c1ccc2c(c1)OCC(c1noc(C3(n4cnnn4)CC3)n1)O2. The molecule has 0 amide bonds. The van der Waals surface area contributed by atoms with Crippen molar-refractivity contribution in [2.45, 2.75) is 24.5 Å². The fraction of sp³-hybridized carbons (Fsp3) is 0.357. The fourth-order valence-corrected chi connectivity index (χ4v) is 2.72. The lowest BCUT2D eigenvalue weighted by atomic mass is 10.2. The minimum Gasteiger partial charge on any atom is -0.485 e. The van der Waals surface area contributed by atoms with E-state index < -0.39 is 11.6 Å². The first-order valence-corrected chi connectivity index (χ1v) is 7.31. The molecule has 0 N–H and O–H groups in total. The maximum atomic E-state index is 5.90. The highest BCUT2D eigenvalue weighted by Gasteiger charge is 2.53. The van der Waals surface area contributed by atoms with Crippen molar-refractivity contribution in [3.05, 3.63) is 42.3 Å². The van der Waals surface area contributed by atoms with Crippen molar-refractivity contribution in [1.29, 1.82) is 0 Å². The van der Waals surface area contributed by atoms with Gasteiger partial charge in [0.15, 0.2) is 17.6 Å². The monoisotopic (exact) mass is 312 g/mol. The first-order valence-electron chi connectivity index (χ1n) is 7.31. The summed E-state index contributed by atoms with van der Waals surface area (Å²) < 4.78 is 18.7. The van der Waals surface area contributed by atoms with Gasteiger partial charge in [-0.2, -0.15) is 4.98 Å². The van der Waals surface area contributed by atoms with Gasteiger partial charge in [-0.15, -0.1) is 5.10 Å². The molecule has 2 aromatic heterocycles. The molecule has 1 aliphatic heterocycles. The Labute approximate surface area is 130 Å². The second kappa shape index (κ2) is 4.51. The van der Waals surface area contributed by atoms with E-state index in [2.05, 4.69) is 25.7 Å². The van der Waals surface area contributed by atoms with Crippen LogP contribution >= 0.6 is 0 Å². The van der Waals surface area contributed by atoms with E-state index in [0.29, 0.717) is 24.1 Å². The molecule has 5 rings (SSSR count). The summed E-state index contributed by atoms with van der Waals surface area (Å²) in [6, 6.07) is 7.51. The average molecular weight is 312 g/mol. The maximum Gasteiger partial charge on any atom is 0.254 e. The summed E-state index contributed by atoms with van der Waals surface area (Å²) in [5.41, 5.74) is -0.415. The van der Waals surface area contributed by atoms with E-state index in [1.807, 2.05) is 24.3 Å². The summed E-state index contributed by atoms with van der Waals surface area (Å²) >= 11 is 0. The lowest BCUT2D eigenvalue weighted by Crippen LogP contribution is -2.23. The van der Waals surface area contributed by atoms with Gasteiger partial charge in [-0.25, -0.2) is 4.68 Å². The van der Waals surface area contributed by atoms with Crippen LogP contribution in [0.15, 0.2) is 35.1 Å². The topological polar surface area (TPSA) is 101 Å². The van der Waals surface area contributed by atoms with E-state index >= 15 is 0 Å². The maximum absolute atomic E-state index is 5.90. The van der Waals surface area contributed by atoms with Crippen LogP contribution < -0.4 is 9.47 Å². The van der Waals surface area contributed by atoms with Crippen LogP contribution in [0, 0.1) is 0 Å². The van der Waals surface area contributed by atoms with E-state index in [1.54, 1.807) is 11.0 Å². The van der Waals surface area contributed by atoms with Crippen LogP contribution in [0.1, 0.15) is 30.7 Å². The standard InChI is InChI=1S/C14H12N6O3/c1-2-4-10-9(3-1)21-7-11(22-10)12-16-13(23-17-12)14(5-6-14)20-8-15-18-19-20/h1-4,8,11H,5-7H2. The molecule has 9 heteroatoms. The van der Waals surface area contributed by atoms with E-state index in [-0.39, 0.29) is 0 Å². The van der Waals surface area contributed by atoms with Gasteiger partial charge in [0.1, 0.15) is 18.5 Å². The second-order valence-corrected chi connectivity index (χ2v) is 5.61. The molecule has 9 nitrogen and oxygen atoms in total. The van der Waals surface area contributed by atoms with Crippen molar-refractivity contribution in [2.75, 3.05) is 6.61 Å².